The van der Waals surface area contributed by atoms with Gasteiger partial charge in [0.1, 0.15) is 0 Å². The second-order valence-electron chi connectivity index (χ2n) is 4.33. The van der Waals surface area contributed by atoms with E-state index < -0.39 is 6.10 Å². The van der Waals surface area contributed by atoms with Crippen molar-refractivity contribution in [1.29, 1.82) is 0 Å². The molecule has 2 rings (SSSR count). The van der Waals surface area contributed by atoms with Crippen molar-refractivity contribution in [1.82, 2.24) is 4.90 Å². The molecule has 0 saturated carbocycles. The van der Waals surface area contributed by atoms with Gasteiger partial charge < -0.3 is 5.11 Å². The summed E-state index contributed by atoms with van der Waals surface area (Å²) in [5, 5.41) is 10.9. The van der Waals surface area contributed by atoms with Crippen LogP contribution < -0.4 is 0 Å². The van der Waals surface area contributed by atoms with Crippen molar-refractivity contribution in [2.75, 3.05) is 31.1 Å². The van der Waals surface area contributed by atoms with Gasteiger partial charge in [0.25, 0.3) is 0 Å². The van der Waals surface area contributed by atoms with Crippen LogP contribution in [0.15, 0.2) is 24.3 Å². The lowest BCUT2D eigenvalue weighted by molar-refractivity contribution is 0.117. The summed E-state index contributed by atoms with van der Waals surface area (Å²) >= 11 is 7.84. The van der Waals surface area contributed by atoms with E-state index in [1.165, 1.54) is 17.9 Å². The lowest BCUT2D eigenvalue weighted by atomic mass is 10.1. The van der Waals surface area contributed by atoms with Gasteiger partial charge in [-0.05, 0) is 36.4 Å². The van der Waals surface area contributed by atoms with Crippen molar-refractivity contribution in [3.63, 3.8) is 0 Å². The van der Waals surface area contributed by atoms with E-state index in [0.717, 1.165) is 25.2 Å². The maximum atomic E-state index is 10.2. The van der Waals surface area contributed by atoms with Gasteiger partial charge in [0.15, 0.2) is 0 Å². The van der Waals surface area contributed by atoms with Crippen LogP contribution in [0.25, 0.3) is 0 Å². The van der Waals surface area contributed by atoms with Crippen molar-refractivity contribution in [3.05, 3.63) is 34.9 Å². The highest BCUT2D eigenvalue weighted by Crippen LogP contribution is 2.19. The SMILES string of the molecule is OC(CN1CCCSCC1)c1ccc(Cl)cc1. The fourth-order valence-electron chi connectivity index (χ4n) is 2.02. The van der Waals surface area contributed by atoms with Crippen LogP contribution in [0.1, 0.15) is 18.1 Å². The number of aliphatic hydroxyl groups excluding tert-OH is 1. The zero-order chi connectivity index (χ0) is 12.1. The third-order valence-corrected chi connectivity index (χ3v) is 4.30. The van der Waals surface area contributed by atoms with E-state index in [0.29, 0.717) is 5.02 Å². The molecule has 4 heteroatoms. The maximum Gasteiger partial charge on any atom is 0.0916 e. The fourth-order valence-corrected chi connectivity index (χ4v) is 3.07. The van der Waals surface area contributed by atoms with Crippen molar-refractivity contribution in [2.24, 2.45) is 0 Å². The molecule has 2 nitrogen and oxygen atoms in total. The Morgan fingerprint density at radius 3 is 2.76 bits per heavy atom. The molecule has 0 bridgehead atoms. The molecule has 1 heterocycles. The molecule has 1 fully saturated rings. The molecule has 1 unspecified atom stereocenters. The Hall–Kier alpha value is -0.220. The summed E-state index contributed by atoms with van der Waals surface area (Å²) in [6.07, 6.45) is 0.813. The molecule has 1 aliphatic rings. The van der Waals surface area contributed by atoms with E-state index in [1.54, 1.807) is 0 Å². The molecule has 1 N–H and O–H groups in total. The molecule has 1 atom stereocenters. The van der Waals surface area contributed by atoms with Gasteiger partial charge in [0, 0.05) is 23.9 Å². The zero-order valence-electron chi connectivity index (χ0n) is 9.81. The Morgan fingerprint density at radius 1 is 1.24 bits per heavy atom. The number of β-amino-alcohol motifs (C(OH)–C–C–N with tert-alkyl or cyclic N) is 1. The van der Waals surface area contributed by atoms with E-state index in [2.05, 4.69) is 4.90 Å². The highest BCUT2D eigenvalue weighted by Gasteiger charge is 2.15. The van der Waals surface area contributed by atoms with E-state index in [1.807, 2.05) is 36.0 Å². The normalized spacial score (nSPS) is 19.9. The number of aliphatic hydroxyl groups is 1. The highest BCUT2D eigenvalue weighted by molar-refractivity contribution is 7.99. The molecule has 0 spiro atoms. The summed E-state index contributed by atoms with van der Waals surface area (Å²) < 4.78 is 0. The molecule has 1 aromatic carbocycles. The van der Waals surface area contributed by atoms with Gasteiger partial charge in [-0.25, -0.2) is 0 Å². The molecule has 0 aromatic heterocycles. The second kappa shape index (κ2) is 6.64. The molecule has 1 saturated heterocycles. The van der Waals surface area contributed by atoms with Gasteiger partial charge in [-0.3, -0.25) is 4.90 Å². The summed E-state index contributed by atoms with van der Waals surface area (Å²) in [7, 11) is 0. The quantitative estimate of drug-likeness (QED) is 0.915. The van der Waals surface area contributed by atoms with Gasteiger partial charge in [-0.15, -0.1) is 0 Å². The first-order chi connectivity index (χ1) is 8.25. The van der Waals surface area contributed by atoms with Crippen molar-refractivity contribution in [3.8, 4) is 0 Å². The number of thioether (sulfide) groups is 1. The maximum absolute atomic E-state index is 10.2. The summed E-state index contributed by atoms with van der Waals surface area (Å²) in [6, 6.07) is 7.47. The monoisotopic (exact) mass is 271 g/mol. The minimum Gasteiger partial charge on any atom is -0.387 e. The van der Waals surface area contributed by atoms with Crippen molar-refractivity contribution < 1.29 is 5.11 Å². The standard InChI is InChI=1S/C13H18ClNOS/c14-12-4-2-11(3-5-12)13(16)10-15-6-1-8-17-9-7-15/h2-5,13,16H,1,6-10H2. The summed E-state index contributed by atoms with van der Waals surface area (Å²) in [4.78, 5) is 2.35. The van der Waals surface area contributed by atoms with Crippen molar-refractivity contribution >= 4 is 23.4 Å². The van der Waals surface area contributed by atoms with E-state index in [4.69, 9.17) is 11.6 Å². The Morgan fingerprint density at radius 2 is 2.00 bits per heavy atom. The first kappa shape index (κ1) is 13.2. The molecule has 0 radical (unpaired) electrons. The number of nitrogens with zero attached hydrogens (tertiary/aromatic N) is 1. The molecular weight excluding hydrogens is 254 g/mol. The summed E-state index contributed by atoms with van der Waals surface area (Å²) in [6.45, 7) is 2.90. The van der Waals surface area contributed by atoms with Crippen LogP contribution in [0.4, 0.5) is 0 Å². The van der Waals surface area contributed by atoms with E-state index in [9.17, 15) is 5.11 Å². The molecule has 0 amide bonds. The summed E-state index contributed by atoms with van der Waals surface area (Å²) in [5.74, 6) is 2.42. The fraction of sp³-hybridized carbons (Fsp3) is 0.538. The Labute approximate surface area is 112 Å². The third-order valence-electron chi connectivity index (χ3n) is 3.00. The first-order valence-electron chi connectivity index (χ1n) is 5.99. The zero-order valence-corrected chi connectivity index (χ0v) is 11.4. The topological polar surface area (TPSA) is 23.5 Å². The molecule has 0 aliphatic carbocycles. The Kier molecular flexibility index (Phi) is 5.16. The van der Waals surface area contributed by atoms with Crippen LogP contribution in [-0.4, -0.2) is 41.1 Å². The van der Waals surface area contributed by atoms with Crippen LogP contribution in [-0.2, 0) is 0 Å². The lowest BCUT2D eigenvalue weighted by Gasteiger charge is -2.23. The van der Waals surface area contributed by atoms with E-state index >= 15 is 0 Å². The molecule has 1 aromatic rings. The Bertz CT molecular complexity index is 336. The number of hydrogen-bond acceptors (Lipinski definition) is 3. The van der Waals surface area contributed by atoms with Crippen LogP contribution in [0.3, 0.4) is 0 Å². The van der Waals surface area contributed by atoms with E-state index in [-0.39, 0.29) is 0 Å². The van der Waals surface area contributed by atoms with Crippen LogP contribution in [0.2, 0.25) is 5.02 Å². The van der Waals surface area contributed by atoms with Crippen LogP contribution in [0, 0.1) is 0 Å². The predicted octanol–water partition coefficient (Wildman–Crippen LogP) is 2.81. The van der Waals surface area contributed by atoms with Gasteiger partial charge in [0.2, 0.25) is 0 Å². The van der Waals surface area contributed by atoms with Crippen LogP contribution in [0.5, 0.6) is 0 Å². The van der Waals surface area contributed by atoms with Gasteiger partial charge in [0.05, 0.1) is 6.10 Å². The Balaban J connectivity index is 1.91. The third kappa shape index (κ3) is 4.18. The number of benzene rings is 1. The minimum absolute atomic E-state index is 0.407. The average molecular weight is 272 g/mol. The van der Waals surface area contributed by atoms with Gasteiger partial charge >= 0.3 is 0 Å². The largest absolute Gasteiger partial charge is 0.387 e. The molecule has 94 valence electrons. The van der Waals surface area contributed by atoms with Gasteiger partial charge in [-0.1, -0.05) is 23.7 Å². The predicted molar refractivity (Wildman–Crippen MR) is 74.8 cm³/mol. The van der Waals surface area contributed by atoms with Crippen LogP contribution >= 0.6 is 23.4 Å². The van der Waals surface area contributed by atoms with Gasteiger partial charge in [-0.2, -0.15) is 11.8 Å². The number of halogens is 1. The first-order valence-corrected chi connectivity index (χ1v) is 7.52. The highest BCUT2D eigenvalue weighted by atomic mass is 35.5. The summed E-state index contributed by atoms with van der Waals surface area (Å²) in [5.41, 5.74) is 0.950. The smallest absolute Gasteiger partial charge is 0.0916 e. The molecular formula is C13H18ClNOS. The number of hydrogen-bond donors (Lipinski definition) is 1. The molecule has 17 heavy (non-hydrogen) atoms. The molecule has 1 aliphatic heterocycles. The lowest BCUT2D eigenvalue weighted by Crippen LogP contribution is -2.30. The van der Waals surface area contributed by atoms with Crippen molar-refractivity contribution in [2.45, 2.75) is 12.5 Å². The second-order valence-corrected chi connectivity index (χ2v) is 6.00. The minimum atomic E-state index is -0.407. The average Bonchev–Trinajstić information content (AvgIpc) is 2.58. The number of rotatable bonds is 3.